The molecule has 0 bridgehead atoms. The predicted molar refractivity (Wildman–Crippen MR) is 103 cm³/mol. The van der Waals surface area contributed by atoms with E-state index in [2.05, 4.69) is 15.0 Å². The van der Waals surface area contributed by atoms with E-state index in [1.807, 2.05) is 13.0 Å². The molecule has 1 fully saturated rings. The molecule has 4 rings (SSSR count). The van der Waals surface area contributed by atoms with Gasteiger partial charge in [0.15, 0.2) is 5.82 Å². The second-order valence-electron chi connectivity index (χ2n) is 6.40. The van der Waals surface area contributed by atoms with Crippen molar-refractivity contribution in [2.24, 2.45) is 0 Å². The van der Waals surface area contributed by atoms with Crippen molar-refractivity contribution in [3.05, 3.63) is 48.8 Å². The van der Waals surface area contributed by atoms with Gasteiger partial charge in [-0.3, -0.25) is 9.78 Å². The van der Waals surface area contributed by atoms with Crippen LogP contribution >= 0.6 is 0 Å². The molecule has 0 atom stereocenters. The standard InChI is InChI=1S/C19H17N6O3/c1-11-4-5-21-9-13(11)15-7-12-8-16(22-10-14(12)18(20)23-15)25(19(27)28)24-6-2-3-17(24)26/h3-5,7-10H,2,6H2,1H3,(H2,20,23)(H,27,28). The molecule has 28 heavy (non-hydrogen) atoms. The van der Waals surface area contributed by atoms with E-state index >= 15 is 0 Å². The van der Waals surface area contributed by atoms with Crippen LogP contribution in [0.2, 0.25) is 0 Å². The van der Waals surface area contributed by atoms with Crippen LogP contribution < -0.4 is 10.7 Å². The number of fused-ring (bicyclic) bond motifs is 1. The molecule has 2 amide bonds. The first-order chi connectivity index (χ1) is 13.5. The summed E-state index contributed by atoms with van der Waals surface area (Å²) in [5.74, 6) is 0.0237. The zero-order valence-corrected chi connectivity index (χ0v) is 15.0. The number of nitrogens with two attached hydrogens (primary N) is 1. The second-order valence-corrected chi connectivity index (χ2v) is 6.40. The number of aryl methyl sites for hydroxylation is 1. The summed E-state index contributed by atoms with van der Waals surface area (Å²) in [6, 6.07) is 5.26. The summed E-state index contributed by atoms with van der Waals surface area (Å²) in [7, 11) is 0. The summed E-state index contributed by atoms with van der Waals surface area (Å²) in [4.78, 5) is 36.5. The quantitative estimate of drug-likeness (QED) is 0.718. The molecule has 0 aromatic carbocycles. The largest absolute Gasteiger partial charge is 0.463 e. The molecule has 3 N–H and O–H groups in total. The highest BCUT2D eigenvalue weighted by atomic mass is 16.4. The van der Waals surface area contributed by atoms with Crippen LogP contribution in [-0.2, 0) is 4.79 Å². The lowest BCUT2D eigenvalue weighted by Crippen LogP contribution is -2.47. The molecular formula is C19H17N6O3. The molecule has 4 heterocycles. The van der Waals surface area contributed by atoms with E-state index in [9.17, 15) is 14.7 Å². The van der Waals surface area contributed by atoms with Gasteiger partial charge < -0.3 is 10.8 Å². The minimum Gasteiger partial charge on any atom is -0.463 e. The summed E-state index contributed by atoms with van der Waals surface area (Å²) in [5, 5.41) is 12.9. The van der Waals surface area contributed by atoms with Gasteiger partial charge in [0.2, 0.25) is 5.91 Å². The number of hydrogen-bond acceptors (Lipinski definition) is 6. The molecule has 0 saturated carbocycles. The van der Waals surface area contributed by atoms with Gasteiger partial charge in [0.25, 0.3) is 0 Å². The van der Waals surface area contributed by atoms with Gasteiger partial charge in [-0.1, -0.05) is 0 Å². The highest BCUT2D eigenvalue weighted by molar-refractivity contribution is 5.98. The Kier molecular flexibility index (Phi) is 4.26. The topological polar surface area (TPSA) is 126 Å². The zero-order chi connectivity index (χ0) is 19.8. The Bertz CT molecular complexity index is 1100. The number of pyridine rings is 3. The molecule has 9 nitrogen and oxygen atoms in total. The van der Waals surface area contributed by atoms with Gasteiger partial charge in [0.1, 0.15) is 5.82 Å². The maximum Gasteiger partial charge on any atom is 0.432 e. The van der Waals surface area contributed by atoms with E-state index in [1.165, 1.54) is 12.6 Å². The van der Waals surface area contributed by atoms with E-state index in [4.69, 9.17) is 5.73 Å². The Hall–Kier alpha value is -3.75. The van der Waals surface area contributed by atoms with E-state index < -0.39 is 6.09 Å². The van der Waals surface area contributed by atoms with E-state index in [1.54, 1.807) is 24.5 Å². The fourth-order valence-electron chi connectivity index (χ4n) is 3.20. The first-order valence-corrected chi connectivity index (χ1v) is 8.60. The highest BCUT2D eigenvalue weighted by Gasteiger charge is 2.32. The highest BCUT2D eigenvalue weighted by Crippen LogP contribution is 2.30. The van der Waals surface area contributed by atoms with Crippen LogP contribution in [-0.4, -0.2) is 43.6 Å². The summed E-state index contributed by atoms with van der Waals surface area (Å²) in [6.07, 6.45) is 5.50. The third-order valence-electron chi connectivity index (χ3n) is 4.60. The Morgan fingerprint density at radius 2 is 2.14 bits per heavy atom. The van der Waals surface area contributed by atoms with Crippen molar-refractivity contribution in [2.45, 2.75) is 13.3 Å². The SMILES string of the molecule is Cc1ccncc1-c1cc2cc(N(C(=O)O)N3CC[CH]C3=O)ncc2c(N)n1. The number of hydrogen-bond donors (Lipinski definition) is 2. The third-order valence-corrected chi connectivity index (χ3v) is 4.60. The molecule has 1 aliphatic rings. The summed E-state index contributed by atoms with van der Waals surface area (Å²) >= 11 is 0. The molecule has 3 aromatic heterocycles. The smallest absolute Gasteiger partial charge is 0.432 e. The zero-order valence-electron chi connectivity index (χ0n) is 15.0. The lowest BCUT2D eigenvalue weighted by atomic mass is 10.1. The maximum atomic E-state index is 12.0. The maximum absolute atomic E-state index is 12.0. The Morgan fingerprint density at radius 1 is 1.32 bits per heavy atom. The Balaban J connectivity index is 1.84. The van der Waals surface area contributed by atoms with Gasteiger partial charge in [-0.05, 0) is 42.5 Å². The summed E-state index contributed by atoms with van der Waals surface area (Å²) in [6.45, 7) is 2.22. The number of nitrogens with zero attached hydrogens (tertiary/aromatic N) is 5. The predicted octanol–water partition coefficient (Wildman–Crippen LogP) is 2.42. The van der Waals surface area contributed by atoms with Gasteiger partial charge in [-0.15, -0.1) is 0 Å². The van der Waals surface area contributed by atoms with Gasteiger partial charge in [0.05, 0.1) is 12.1 Å². The number of rotatable bonds is 3. The average Bonchev–Trinajstić information content (AvgIpc) is 3.07. The number of carboxylic acid groups (broad SMARTS) is 1. The van der Waals surface area contributed by atoms with E-state index in [0.29, 0.717) is 22.9 Å². The van der Waals surface area contributed by atoms with Crippen molar-refractivity contribution in [1.82, 2.24) is 20.0 Å². The van der Waals surface area contributed by atoms with Crippen LogP contribution in [0.1, 0.15) is 12.0 Å². The van der Waals surface area contributed by atoms with Crippen molar-refractivity contribution < 1.29 is 14.7 Å². The fourth-order valence-corrected chi connectivity index (χ4v) is 3.20. The minimum atomic E-state index is -1.29. The van der Waals surface area contributed by atoms with Crippen LogP contribution in [0.5, 0.6) is 0 Å². The molecule has 3 aromatic rings. The van der Waals surface area contributed by atoms with E-state index in [0.717, 1.165) is 21.1 Å². The third kappa shape index (κ3) is 2.96. The van der Waals surface area contributed by atoms with Crippen molar-refractivity contribution in [3.63, 3.8) is 0 Å². The van der Waals surface area contributed by atoms with Crippen molar-refractivity contribution in [3.8, 4) is 11.3 Å². The number of nitrogen functional groups attached to an aromatic ring is 1. The molecular weight excluding hydrogens is 360 g/mol. The molecule has 1 saturated heterocycles. The lowest BCUT2D eigenvalue weighted by Gasteiger charge is -2.27. The monoisotopic (exact) mass is 377 g/mol. The van der Waals surface area contributed by atoms with Gasteiger partial charge in [-0.2, -0.15) is 5.01 Å². The summed E-state index contributed by atoms with van der Waals surface area (Å²) < 4.78 is 0. The van der Waals surface area contributed by atoms with Gasteiger partial charge >= 0.3 is 6.09 Å². The molecule has 141 valence electrons. The van der Waals surface area contributed by atoms with Gasteiger partial charge in [0, 0.05) is 36.1 Å². The van der Waals surface area contributed by atoms with Crippen molar-refractivity contribution in [1.29, 1.82) is 0 Å². The average molecular weight is 377 g/mol. The molecule has 0 aliphatic carbocycles. The second kappa shape index (κ2) is 6.76. The van der Waals surface area contributed by atoms with Crippen molar-refractivity contribution in [2.75, 3.05) is 17.3 Å². The number of hydrazine groups is 1. The molecule has 9 heteroatoms. The molecule has 0 spiro atoms. The fraction of sp³-hybridized carbons (Fsp3) is 0.158. The molecule has 1 aliphatic heterocycles. The number of amides is 2. The number of anilines is 2. The minimum absolute atomic E-state index is 0.114. The molecule has 1 radical (unpaired) electrons. The summed E-state index contributed by atoms with van der Waals surface area (Å²) in [5.41, 5.74) is 8.54. The van der Waals surface area contributed by atoms with Gasteiger partial charge in [-0.25, -0.2) is 19.8 Å². The van der Waals surface area contributed by atoms with Crippen molar-refractivity contribution >= 4 is 34.4 Å². The lowest BCUT2D eigenvalue weighted by molar-refractivity contribution is -0.125. The number of aromatic nitrogens is 3. The van der Waals surface area contributed by atoms with Crippen LogP contribution in [0.4, 0.5) is 16.4 Å². The first-order valence-electron chi connectivity index (χ1n) is 8.60. The van der Waals surface area contributed by atoms with Crippen LogP contribution in [0, 0.1) is 13.3 Å². The number of carbonyl (C=O) groups excluding carboxylic acids is 1. The molecule has 0 unspecified atom stereocenters. The van der Waals surface area contributed by atoms with Crippen LogP contribution in [0.3, 0.4) is 0 Å². The normalized spacial score (nSPS) is 13.9. The first kappa shape index (κ1) is 17.7. The Morgan fingerprint density at radius 3 is 2.82 bits per heavy atom. The van der Waals surface area contributed by atoms with Crippen LogP contribution in [0.15, 0.2) is 36.8 Å². The number of carbonyl (C=O) groups is 2. The Labute approximate surface area is 160 Å². The van der Waals surface area contributed by atoms with Crippen LogP contribution in [0.25, 0.3) is 22.0 Å². The van der Waals surface area contributed by atoms with E-state index in [-0.39, 0.29) is 24.1 Å².